The number of hydrogen-bond acceptors (Lipinski definition) is 4. The molecule has 0 fully saturated rings. The third kappa shape index (κ3) is 3.51. The fourth-order valence-corrected chi connectivity index (χ4v) is 2.31. The molecule has 124 valence electrons. The van der Waals surface area contributed by atoms with Crippen molar-refractivity contribution < 1.29 is 13.7 Å². The molecule has 1 aromatic carbocycles. The van der Waals surface area contributed by atoms with E-state index in [9.17, 15) is 9.18 Å². The lowest BCUT2D eigenvalue weighted by atomic mass is 10.2. The van der Waals surface area contributed by atoms with Crippen LogP contribution in [0.25, 0.3) is 23.0 Å². The second kappa shape index (κ2) is 6.66. The van der Waals surface area contributed by atoms with Gasteiger partial charge in [-0.3, -0.25) is 4.79 Å². The van der Waals surface area contributed by atoms with Crippen molar-refractivity contribution in [2.24, 2.45) is 0 Å². The number of amides is 1. The Hall–Kier alpha value is -2.96. The summed E-state index contributed by atoms with van der Waals surface area (Å²) in [5.41, 5.74) is 1.30. The molecule has 0 aliphatic carbocycles. The van der Waals surface area contributed by atoms with E-state index in [1.165, 1.54) is 12.1 Å². The lowest BCUT2D eigenvalue weighted by Gasteiger charge is -2.10. The molecule has 0 spiro atoms. The van der Waals surface area contributed by atoms with Crippen LogP contribution in [0.5, 0.6) is 0 Å². The summed E-state index contributed by atoms with van der Waals surface area (Å²) < 4.78 is 20.0. The van der Waals surface area contributed by atoms with Crippen molar-refractivity contribution in [3.63, 3.8) is 0 Å². The lowest BCUT2D eigenvalue weighted by molar-refractivity contribution is -0.122. The molecular weight excluding hydrogens is 311 g/mol. The average molecular weight is 328 g/mol. The van der Waals surface area contributed by atoms with E-state index in [-0.39, 0.29) is 24.3 Å². The first kappa shape index (κ1) is 15.9. The SMILES string of the molecule is CC(C)NC(=O)Cn1cccc1-c1nc(-c2ccc(F)cc2)no1. The normalized spacial score (nSPS) is 11.0. The number of halogens is 1. The van der Waals surface area contributed by atoms with Crippen molar-refractivity contribution >= 4 is 5.91 Å². The largest absolute Gasteiger partial charge is 0.352 e. The second-order valence-corrected chi connectivity index (χ2v) is 5.67. The number of carbonyl (C=O) groups is 1. The van der Waals surface area contributed by atoms with Gasteiger partial charge in [-0.25, -0.2) is 4.39 Å². The highest BCUT2D eigenvalue weighted by Gasteiger charge is 2.15. The van der Waals surface area contributed by atoms with Crippen LogP contribution in [0.3, 0.4) is 0 Å². The Kier molecular flexibility index (Phi) is 4.41. The average Bonchev–Trinajstić information content (AvgIpc) is 3.16. The Balaban J connectivity index is 1.82. The van der Waals surface area contributed by atoms with E-state index in [2.05, 4.69) is 15.5 Å². The first-order chi connectivity index (χ1) is 11.5. The minimum atomic E-state index is -0.326. The number of nitrogens with zero attached hydrogens (tertiary/aromatic N) is 3. The smallest absolute Gasteiger partial charge is 0.274 e. The maximum atomic E-state index is 13.0. The molecule has 3 rings (SSSR count). The van der Waals surface area contributed by atoms with Crippen molar-refractivity contribution in [3.05, 3.63) is 48.4 Å². The van der Waals surface area contributed by atoms with E-state index in [1.807, 2.05) is 13.8 Å². The molecule has 0 atom stereocenters. The Morgan fingerprint density at radius 3 is 2.75 bits per heavy atom. The van der Waals surface area contributed by atoms with Gasteiger partial charge in [0.05, 0.1) is 0 Å². The first-order valence-corrected chi connectivity index (χ1v) is 7.57. The highest BCUT2D eigenvalue weighted by atomic mass is 19.1. The zero-order chi connectivity index (χ0) is 17.1. The standard InChI is InChI=1S/C17H17FN4O2/c1-11(2)19-15(23)10-22-9-3-4-14(22)17-20-16(21-24-17)12-5-7-13(18)8-6-12/h3-9,11H,10H2,1-2H3,(H,19,23). The van der Waals surface area contributed by atoms with E-state index in [0.29, 0.717) is 23.0 Å². The summed E-state index contributed by atoms with van der Waals surface area (Å²) in [6.45, 7) is 3.97. The van der Waals surface area contributed by atoms with Gasteiger partial charge in [0.25, 0.3) is 5.89 Å². The molecule has 7 heteroatoms. The summed E-state index contributed by atoms with van der Waals surface area (Å²) in [6.07, 6.45) is 1.77. The number of rotatable bonds is 5. The molecule has 0 unspecified atom stereocenters. The minimum Gasteiger partial charge on any atom is -0.352 e. The van der Waals surface area contributed by atoms with Crippen LogP contribution < -0.4 is 5.32 Å². The van der Waals surface area contributed by atoms with Gasteiger partial charge in [0.2, 0.25) is 11.7 Å². The molecule has 0 saturated carbocycles. The summed E-state index contributed by atoms with van der Waals surface area (Å²) in [6, 6.07) is 9.52. The van der Waals surface area contributed by atoms with Gasteiger partial charge in [-0.15, -0.1) is 0 Å². The highest BCUT2D eigenvalue weighted by Crippen LogP contribution is 2.22. The molecule has 3 aromatic rings. The summed E-state index contributed by atoms with van der Waals surface area (Å²) in [5.74, 6) is 0.245. The first-order valence-electron chi connectivity index (χ1n) is 7.57. The van der Waals surface area contributed by atoms with Crippen molar-refractivity contribution in [2.75, 3.05) is 0 Å². The minimum absolute atomic E-state index is 0.0741. The number of aromatic nitrogens is 3. The fourth-order valence-electron chi connectivity index (χ4n) is 2.31. The quantitative estimate of drug-likeness (QED) is 0.781. The monoisotopic (exact) mass is 328 g/mol. The highest BCUT2D eigenvalue weighted by molar-refractivity contribution is 5.76. The maximum Gasteiger partial charge on any atom is 0.274 e. The molecule has 0 aliphatic rings. The number of nitrogens with one attached hydrogen (secondary N) is 1. The third-order valence-corrected chi connectivity index (χ3v) is 3.34. The van der Waals surface area contributed by atoms with Gasteiger partial charge in [0.15, 0.2) is 0 Å². The summed E-state index contributed by atoms with van der Waals surface area (Å²) in [4.78, 5) is 16.3. The molecule has 0 saturated heterocycles. The third-order valence-electron chi connectivity index (χ3n) is 3.34. The zero-order valence-electron chi connectivity index (χ0n) is 13.4. The van der Waals surface area contributed by atoms with Crippen LogP contribution in [0.2, 0.25) is 0 Å². The van der Waals surface area contributed by atoms with Gasteiger partial charge in [0, 0.05) is 17.8 Å². The van der Waals surface area contributed by atoms with E-state index in [4.69, 9.17) is 4.52 Å². The van der Waals surface area contributed by atoms with Gasteiger partial charge < -0.3 is 14.4 Å². The van der Waals surface area contributed by atoms with E-state index >= 15 is 0 Å². The second-order valence-electron chi connectivity index (χ2n) is 5.67. The molecular formula is C17H17FN4O2. The fraction of sp³-hybridized carbons (Fsp3) is 0.235. The summed E-state index contributed by atoms with van der Waals surface area (Å²) in [5, 5.41) is 6.75. The zero-order valence-corrected chi connectivity index (χ0v) is 13.4. The molecule has 6 nitrogen and oxygen atoms in total. The van der Waals surface area contributed by atoms with Gasteiger partial charge in [-0.1, -0.05) is 5.16 Å². The number of carbonyl (C=O) groups excluding carboxylic acids is 1. The van der Waals surface area contributed by atoms with Crippen LogP contribution in [0.4, 0.5) is 4.39 Å². The maximum absolute atomic E-state index is 13.0. The predicted molar refractivity (Wildman–Crippen MR) is 86.4 cm³/mol. The van der Waals surface area contributed by atoms with Crippen LogP contribution in [0, 0.1) is 5.82 Å². The Morgan fingerprint density at radius 1 is 1.29 bits per heavy atom. The van der Waals surface area contributed by atoms with Gasteiger partial charge in [-0.05, 0) is 50.2 Å². The van der Waals surface area contributed by atoms with Crippen LogP contribution >= 0.6 is 0 Å². The summed E-state index contributed by atoms with van der Waals surface area (Å²) in [7, 11) is 0. The van der Waals surface area contributed by atoms with Crippen molar-refractivity contribution in [1.82, 2.24) is 20.0 Å². The molecule has 1 amide bonds. The number of benzene rings is 1. The Bertz CT molecular complexity index is 836. The topological polar surface area (TPSA) is 73.0 Å². The van der Waals surface area contributed by atoms with Crippen molar-refractivity contribution in [2.45, 2.75) is 26.4 Å². The molecule has 1 N–H and O–H groups in total. The van der Waals surface area contributed by atoms with Gasteiger partial charge in [0.1, 0.15) is 18.1 Å². The van der Waals surface area contributed by atoms with Crippen LogP contribution in [0.1, 0.15) is 13.8 Å². The van der Waals surface area contributed by atoms with E-state index in [0.717, 1.165) is 0 Å². The van der Waals surface area contributed by atoms with Crippen LogP contribution in [0.15, 0.2) is 47.1 Å². The van der Waals surface area contributed by atoms with E-state index < -0.39 is 0 Å². The Labute approximate surface area is 138 Å². The van der Waals surface area contributed by atoms with Gasteiger partial charge in [-0.2, -0.15) is 4.98 Å². The van der Waals surface area contributed by atoms with Crippen LogP contribution in [-0.2, 0) is 11.3 Å². The number of hydrogen-bond donors (Lipinski definition) is 1. The molecule has 2 heterocycles. The Morgan fingerprint density at radius 2 is 2.04 bits per heavy atom. The molecule has 24 heavy (non-hydrogen) atoms. The predicted octanol–water partition coefficient (Wildman–Crippen LogP) is 2.87. The molecule has 0 bridgehead atoms. The molecule has 0 aliphatic heterocycles. The van der Waals surface area contributed by atoms with Crippen molar-refractivity contribution in [3.8, 4) is 23.0 Å². The van der Waals surface area contributed by atoms with E-state index in [1.54, 1.807) is 35.0 Å². The van der Waals surface area contributed by atoms with Gasteiger partial charge >= 0.3 is 0 Å². The summed E-state index contributed by atoms with van der Waals surface area (Å²) >= 11 is 0. The van der Waals surface area contributed by atoms with Crippen LogP contribution in [-0.4, -0.2) is 26.7 Å². The van der Waals surface area contributed by atoms with Crippen molar-refractivity contribution in [1.29, 1.82) is 0 Å². The molecule has 2 aromatic heterocycles. The lowest BCUT2D eigenvalue weighted by Crippen LogP contribution is -2.33. The molecule has 0 radical (unpaired) electrons.